The summed E-state index contributed by atoms with van der Waals surface area (Å²) in [5.74, 6) is 0.487. The fourth-order valence-electron chi connectivity index (χ4n) is 4.74. The molecule has 0 saturated heterocycles. The third-order valence-corrected chi connectivity index (χ3v) is 6.89. The van der Waals surface area contributed by atoms with Gasteiger partial charge in [-0.1, -0.05) is 135 Å². The van der Waals surface area contributed by atoms with Gasteiger partial charge < -0.3 is 9.52 Å². The average molecular weight is 463 g/mol. The fraction of sp³-hybridized carbons (Fsp3) is 0.833. The third kappa shape index (κ3) is 22.3. The molecule has 0 unspecified atom stereocenters. The van der Waals surface area contributed by atoms with Gasteiger partial charge in [0.1, 0.15) is 5.76 Å². The first-order valence-corrected chi connectivity index (χ1v) is 14.5. The molecule has 3 heteroatoms. The number of carboxylic acid groups (broad SMARTS) is 1. The van der Waals surface area contributed by atoms with Crippen molar-refractivity contribution >= 4 is 5.97 Å². The molecule has 0 spiro atoms. The predicted molar refractivity (Wildman–Crippen MR) is 141 cm³/mol. The quantitative estimate of drug-likeness (QED) is 0.139. The molecule has 0 aromatic carbocycles. The molecule has 0 atom stereocenters. The van der Waals surface area contributed by atoms with Gasteiger partial charge in [0, 0.05) is 12.8 Å². The summed E-state index contributed by atoms with van der Waals surface area (Å²) in [6.45, 7) is 0. The van der Waals surface area contributed by atoms with E-state index in [1.54, 1.807) is 6.26 Å². The van der Waals surface area contributed by atoms with Crippen LogP contribution in [0.25, 0.3) is 0 Å². The first-order valence-electron chi connectivity index (χ1n) is 14.5. The molecular formula is C30H54O3. The van der Waals surface area contributed by atoms with Crippen LogP contribution in [0.4, 0.5) is 0 Å². The van der Waals surface area contributed by atoms with Crippen molar-refractivity contribution in [2.75, 3.05) is 0 Å². The van der Waals surface area contributed by atoms with Gasteiger partial charge >= 0.3 is 5.97 Å². The summed E-state index contributed by atoms with van der Waals surface area (Å²) in [7, 11) is 0. The van der Waals surface area contributed by atoms with Gasteiger partial charge in [0.2, 0.25) is 0 Å². The number of carbonyl (C=O) groups is 1. The maximum absolute atomic E-state index is 10.4. The highest BCUT2D eigenvalue weighted by Crippen LogP contribution is 2.16. The normalized spacial score (nSPS) is 11.3. The molecule has 1 heterocycles. The number of aryl methyl sites for hydroxylation is 1. The van der Waals surface area contributed by atoms with Gasteiger partial charge in [-0.15, -0.1) is 0 Å². The SMILES string of the molecule is O=C(O)CCCCCCCCCCCCCCCCCCCCCCCCCc1ccco1. The lowest BCUT2D eigenvalue weighted by Crippen LogP contribution is -1.93. The summed E-state index contributed by atoms with van der Waals surface area (Å²) >= 11 is 0. The molecule has 3 nitrogen and oxygen atoms in total. The summed E-state index contributed by atoms with van der Waals surface area (Å²) in [6.07, 6.45) is 34.3. The molecule has 0 bridgehead atoms. The fourth-order valence-corrected chi connectivity index (χ4v) is 4.74. The number of aliphatic carboxylic acids is 1. The Kier molecular flexibility index (Phi) is 21.6. The number of hydrogen-bond donors (Lipinski definition) is 1. The summed E-state index contributed by atoms with van der Waals surface area (Å²) < 4.78 is 5.38. The second-order valence-electron chi connectivity index (χ2n) is 10.1. The molecular weight excluding hydrogens is 408 g/mol. The Morgan fingerprint density at radius 1 is 0.545 bits per heavy atom. The van der Waals surface area contributed by atoms with E-state index in [4.69, 9.17) is 9.52 Å². The van der Waals surface area contributed by atoms with Crippen LogP contribution in [0.5, 0.6) is 0 Å². The largest absolute Gasteiger partial charge is 0.481 e. The second kappa shape index (κ2) is 23.9. The first kappa shape index (κ1) is 29.8. The van der Waals surface area contributed by atoms with E-state index in [9.17, 15) is 4.79 Å². The molecule has 0 radical (unpaired) electrons. The highest BCUT2D eigenvalue weighted by molar-refractivity contribution is 5.66. The van der Waals surface area contributed by atoms with E-state index in [-0.39, 0.29) is 0 Å². The summed E-state index contributed by atoms with van der Waals surface area (Å²) in [5, 5.41) is 8.61. The molecule has 1 N–H and O–H groups in total. The van der Waals surface area contributed by atoms with Crippen LogP contribution < -0.4 is 0 Å². The van der Waals surface area contributed by atoms with Gasteiger partial charge in [-0.05, 0) is 25.0 Å². The van der Waals surface area contributed by atoms with E-state index in [2.05, 4.69) is 6.07 Å². The van der Waals surface area contributed by atoms with Crippen molar-refractivity contribution in [1.29, 1.82) is 0 Å². The van der Waals surface area contributed by atoms with Crippen LogP contribution in [0.3, 0.4) is 0 Å². The molecule has 1 rings (SSSR count). The van der Waals surface area contributed by atoms with Crippen LogP contribution in [0.2, 0.25) is 0 Å². The molecule has 0 aliphatic carbocycles. The Balaban J connectivity index is 1.63. The molecule has 1 aromatic rings. The highest BCUT2D eigenvalue weighted by Gasteiger charge is 1.98. The number of unbranched alkanes of at least 4 members (excludes halogenated alkanes) is 22. The standard InChI is InChI=1S/C30H54O3/c31-30(32)27-23-21-19-17-15-13-11-9-7-5-3-1-2-4-6-8-10-12-14-16-18-20-22-25-29-26-24-28-33-29/h24,26,28H,1-23,25,27H2,(H,31,32). The van der Waals surface area contributed by atoms with Crippen molar-refractivity contribution in [3.8, 4) is 0 Å². The Labute approximate surface area is 205 Å². The van der Waals surface area contributed by atoms with Crippen molar-refractivity contribution < 1.29 is 14.3 Å². The topological polar surface area (TPSA) is 50.4 Å². The molecule has 1 aromatic heterocycles. The maximum atomic E-state index is 10.4. The zero-order chi connectivity index (χ0) is 23.7. The van der Waals surface area contributed by atoms with Crippen LogP contribution in [-0.2, 0) is 11.2 Å². The minimum absolute atomic E-state index is 0.342. The Bertz CT molecular complexity index is 509. The van der Waals surface area contributed by atoms with Crippen molar-refractivity contribution in [3.63, 3.8) is 0 Å². The summed E-state index contributed by atoms with van der Waals surface area (Å²) in [4.78, 5) is 10.4. The van der Waals surface area contributed by atoms with Crippen LogP contribution in [-0.4, -0.2) is 11.1 Å². The Morgan fingerprint density at radius 3 is 1.18 bits per heavy atom. The average Bonchev–Trinajstić information content (AvgIpc) is 3.32. The van der Waals surface area contributed by atoms with Crippen molar-refractivity contribution in [2.45, 2.75) is 161 Å². The lowest BCUT2D eigenvalue weighted by atomic mass is 10.0. The lowest BCUT2D eigenvalue weighted by molar-refractivity contribution is -0.137. The number of furan rings is 1. The van der Waals surface area contributed by atoms with E-state index >= 15 is 0 Å². The third-order valence-electron chi connectivity index (χ3n) is 6.89. The second-order valence-corrected chi connectivity index (χ2v) is 10.1. The highest BCUT2D eigenvalue weighted by atomic mass is 16.4. The lowest BCUT2D eigenvalue weighted by Gasteiger charge is -2.04. The maximum Gasteiger partial charge on any atom is 0.303 e. The molecule has 33 heavy (non-hydrogen) atoms. The molecule has 192 valence electrons. The Morgan fingerprint density at radius 2 is 0.879 bits per heavy atom. The molecule has 0 saturated carbocycles. The predicted octanol–water partition coefficient (Wildman–Crippen LogP) is 10.3. The van der Waals surface area contributed by atoms with E-state index in [0.717, 1.165) is 25.0 Å². The number of hydrogen-bond acceptors (Lipinski definition) is 2. The zero-order valence-electron chi connectivity index (χ0n) is 21.7. The van der Waals surface area contributed by atoms with Gasteiger partial charge in [0.25, 0.3) is 0 Å². The van der Waals surface area contributed by atoms with Crippen LogP contribution in [0, 0.1) is 0 Å². The zero-order valence-corrected chi connectivity index (χ0v) is 21.7. The van der Waals surface area contributed by atoms with E-state index in [1.807, 2.05) is 6.07 Å². The van der Waals surface area contributed by atoms with Gasteiger partial charge in [-0.2, -0.15) is 0 Å². The van der Waals surface area contributed by atoms with Gasteiger partial charge in [0.15, 0.2) is 0 Å². The van der Waals surface area contributed by atoms with Crippen molar-refractivity contribution in [1.82, 2.24) is 0 Å². The number of rotatable bonds is 26. The first-order chi connectivity index (χ1) is 16.3. The van der Waals surface area contributed by atoms with E-state index < -0.39 is 5.97 Å². The molecule has 0 aliphatic heterocycles. The number of carboxylic acids is 1. The monoisotopic (exact) mass is 462 g/mol. The molecule has 0 amide bonds. The van der Waals surface area contributed by atoms with Crippen molar-refractivity contribution in [2.24, 2.45) is 0 Å². The van der Waals surface area contributed by atoms with E-state index in [1.165, 1.54) is 135 Å². The minimum Gasteiger partial charge on any atom is -0.481 e. The van der Waals surface area contributed by atoms with Gasteiger partial charge in [-0.25, -0.2) is 0 Å². The van der Waals surface area contributed by atoms with E-state index in [0.29, 0.717) is 6.42 Å². The summed E-state index contributed by atoms with van der Waals surface area (Å²) in [5.41, 5.74) is 0. The van der Waals surface area contributed by atoms with Gasteiger partial charge in [0.05, 0.1) is 6.26 Å². The molecule has 0 fully saturated rings. The molecule has 0 aliphatic rings. The summed E-state index contributed by atoms with van der Waals surface area (Å²) in [6, 6.07) is 4.07. The smallest absolute Gasteiger partial charge is 0.303 e. The van der Waals surface area contributed by atoms with Gasteiger partial charge in [-0.3, -0.25) is 4.79 Å². The van der Waals surface area contributed by atoms with Crippen LogP contribution in [0.1, 0.15) is 160 Å². The minimum atomic E-state index is -0.652. The van der Waals surface area contributed by atoms with Crippen LogP contribution in [0.15, 0.2) is 22.8 Å². The Hall–Kier alpha value is -1.25. The van der Waals surface area contributed by atoms with Crippen LogP contribution >= 0.6 is 0 Å². The van der Waals surface area contributed by atoms with Crippen molar-refractivity contribution in [3.05, 3.63) is 24.2 Å².